The smallest absolute Gasteiger partial charge is 0.222 e. The van der Waals surface area contributed by atoms with Gasteiger partial charge in [-0.05, 0) is 47.5 Å². The van der Waals surface area contributed by atoms with Crippen LogP contribution < -0.4 is 4.74 Å². The molecule has 0 radical (unpaired) electrons. The third-order valence-corrected chi connectivity index (χ3v) is 4.28. The minimum absolute atomic E-state index is 0.129. The molecule has 0 atom stereocenters. The fraction of sp³-hybridized carbons (Fsp3) is 0.421. The molecular formula is C19H25BrN4O. The second-order valence-electron chi connectivity index (χ2n) is 6.96. The number of hydrogen-bond acceptors (Lipinski definition) is 4. The van der Waals surface area contributed by atoms with Gasteiger partial charge in [0, 0.05) is 31.3 Å². The molecule has 0 spiro atoms. The summed E-state index contributed by atoms with van der Waals surface area (Å²) >= 11 is 3.57. The summed E-state index contributed by atoms with van der Waals surface area (Å²) in [7, 11) is 1.99. The van der Waals surface area contributed by atoms with Gasteiger partial charge in [-0.3, -0.25) is 0 Å². The van der Waals surface area contributed by atoms with E-state index in [9.17, 15) is 0 Å². The summed E-state index contributed by atoms with van der Waals surface area (Å²) in [5.41, 5.74) is 1.80. The van der Waals surface area contributed by atoms with Gasteiger partial charge in [-0.25, -0.2) is 9.98 Å². The van der Waals surface area contributed by atoms with E-state index >= 15 is 0 Å². The molecular weight excluding hydrogens is 380 g/mol. The molecule has 0 bridgehead atoms. The molecule has 0 unspecified atom stereocenters. The lowest BCUT2D eigenvalue weighted by atomic mass is 9.96. The van der Waals surface area contributed by atoms with E-state index in [1.54, 1.807) is 12.3 Å². The molecule has 1 aromatic heterocycles. The van der Waals surface area contributed by atoms with Crippen LogP contribution in [0.2, 0.25) is 0 Å². The molecule has 0 amide bonds. The van der Waals surface area contributed by atoms with Crippen molar-refractivity contribution >= 4 is 28.0 Å². The Hall–Kier alpha value is -1.95. The van der Waals surface area contributed by atoms with Crippen LogP contribution in [0.25, 0.3) is 0 Å². The Morgan fingerprint density at radius 3 is 2.68 bits per heavy atom. The molecule has 0 fully saturated rings. The van der Waals surface area contributed by atoms with Gasteiger partial charge in [0.25, 0.3) is 0 Å². The van der Waals surface area contributed by atoms with Crippen molar-refractivity contribution in [2.24, 2.45) is 4.99 Å². The molecule has 5 nitrogen and oxygen atoms in total. The van der Waals surface area contributed by atoms with Gasteiger partial charge in [-0.15, -0.1) is 0 Å². The predicted octanol–water partition coefficient (Wildman–Crippen LogP) is 5.25. The first-order valence-electron chi connectivity index (χ1n) is 8.26. The third-order valence-electron chi connectivity index (χ3n) is 3.66. The number of ether oxygens (including phenoxy) is 1. The molecule has 2 rings (SSSR count). The summed E-state index contributed by atoms with van der Waals surface area (Å²) in [6, 6.07) is 5.68. The van der Waals surface area contributed by atoms with E-state index in [-0.39, 0.29) is 5.41 Å². The zero-order chi connectivity index (χ0) is 18.6. The first-order valence-corrected chi connectivity index (χ1v) is 9.06. The highest BCUT2D eigenvalue weighted by Gasteiger charge is 2.18. The maximum absolute atomic E-state index is 5.97. The molecule has 25 heavy (non-hydrogen) atoms. The highest BCUT2D eigenvalue weighted by Crippen LogP contribution is 2.35. The average Bonchev–Trinajstić information content (AvgIpc) is 2.55. The molecule has 1 heterocycles. The van der Waals surface area contributed by atoms with Crippen molar-refractivity contribution in [3.63, 3.8) is 0 Å². The lowest BCUT2D eigenvalue weighted by molar-refractivity contribution is 0.443. The second-order valence-corrected chi connectivity index (χ2v) is 7.81. The zero-order valence-electron chi connectivity index (χ0n) is 15.7. The Labute approximate surface area is 158 Å². The number of benzene rings is 1. The van der Waals surface area contributed by atoms with E-state index in [1.807, 2.05) is 37.3 Å². The first kappa shape index (κ1) is 19.4. The van der Waals surface area contributed by atoms with Gasteiger partial charge < -0.3 is 9.64 Å². The zero-order valence-corrected chi connectivity index (χ0v) is 17.3. The van der Waals surface area contributed by atoms with Crippen LogP contribution in [0.5, 0.6) is 11.6 Å². The maximum atomic E-state index is 5.97. The van der Waals surface area contributed by atoms with Gasteiger partial charge in [0.1, 0.15) is 11.6 Å². The highest BCUT2D eigenvalue weighted by atomic mass is 79.9. The van der Waals surface area contributed by atoms with Gasteiger partial charge in [0.05, 0.1) is 16.5 Å². The molecule has 1 aromatic carbocycles. The maximum Gasteiger partial charge on any atom is 0.222 e. The van der Waals surface area contributed by atoms with Crippen LogP contribution >= 0.6 is 15.9 Å². The van der Waals surface area contributed by atoms with Gasteiger partial charge in [0.15, 0.2) is 0 Å². The lowest BCUT2D eigenvalue weighted by Gasteiger charge is -2.17. The number of nitrogens with zero attached hydrogens (tertiary/aromatic N) is 4. The summed E-state index contributed by atoms with van der Waals surface area (Å²) in [5, 5.41) is 0. The molecule has 0 N–H and O–H groups in total. The fourth-order valence-corrected chi connectivity index (χ4v) is 2.39. The van der Waals surface area contributed by atoms with Gasteiger partial charge in [0.2, 0.25) is 5.88 Å². The second kappa shape index (κ2) is 7.95. The largest absolute Gasteiger partial charge is 0.438 e. The Kier molecular flexibility index (Phi) is 6.16. The number of aliphatic imine (C=N–C) groups is 1. The summed E-state index contributed by atoms with van der Waals surface area (Å²) in [6.45, 7) is 11.2. The fourth-order valence-electron chi connectivity index (χ4n) is 1.98. The number of hydrogen-bond donors (Lipinski definition) is 0. The van der Waals surface area contributed by atoms with Crippen molar-refractivity contribution in [2.45, 2.75) is 40.0 Å². The number of aromatic nitrogens is 2. The number of aryl methyl sites for hydroxylation is 1. The minimum Gasteiger partial charge on any atom is -0.438 e. The van der Waals surface area contributed by atoms with Crippen LogP contribution in [-0.4, -0.2) is 34.8 Å². The minimum atomic E-state index is -0.129. The van der Waals surface area contributed by atoms with Gasteiger partial charge in [-0.1, -0.05) is 20.8 Å². The van der Waals surface area contributed by atoms with Gasteiger partial charge in [-0.2, -0.15) is 4.98 Å². The average molecular weight is 405 g/mol. The molecule has 0 saturated heterocycles. The molecule has 0 aliphatic rings. The monoisotopic (exact) mass is 404 g/mol. The summed E-state index contributed by atoms with van der Waals surface area (Å²) in [4.78, 5) is 15.4. The van der Waals surface area contributed by atoms with E-state index in [4.69, 9.17) is 4.74 Å². The van der Waals surface area contributed by atoms with Crippen LogP contribution in [0.1, 0.15) is 39.1 Å². The van der Waals surface area contributed by atoms with Gasteiger partial charge >= 0.3 is 0 Å². The predicted molar refractivity (Wildman–Crippen MR) is 106 cm³/mol. The SMILES string of the molecule is CCN(C)/C=N/c1cc(Br)c(Oc2ccnc(C(C)(C)C)n2)cc1C. The van der Waals surface area contributed by atoms with E-state index in [1.165, 1.54) is 0 Å². The summed E-state index contributed by atoms with van der Waals surface area (Å²) < 4.78 is 6.80. The molecule has 134 valence electrons. The van der Waals surface area contributed by atoms with Crippen molar-refractivity contribution in [2.75, 3.05) is 13.6 Å². The standard InChI is InChI=1S/C19H25BrN4O/c1-7-24(6)12-22-15-11-14(20)16(10-13(15)2)25-17-8-9-21-18(23-17)19(3,4)5/h8-12H,7H2,1-6H3/b22-12+. The molecule has 0 aliphatic carbocycles. The van der Waals surface area contributed by atoms with Crippen molar-refractivity contribution in [3.8, 4) is 11.6 Å². The van der Waals surface area contributed by atoms with Crippen molar-refractivity contribution in [1.29, 1.82) is 0 Å². The molecule has 6 heteroatoms. The lowest BCUT2D eigenvalue weighted by Crippen LogP contribution is -2.15. The Morgan fingerprint density at radius 2 is 2.04 bits per heavy atom. The molecule has 0 aliphatic heterocycles. The molecule has 2 aromatic rings. The van der Waals surface area contributed by atoms with Crippen molar-refractivity contribution in [1.82, 2.24) is 14.9 Å². The van der Waals surface area contributed by atoms with Crippen LogP contribution in [-0.2, 0) is 5.41 Å². The van der Waals surface area contributed by atoms with Crippen molar-refractivity contribution < 1.29 is 4.74 Å². The van der Waals surface area contributed by atoms with Crippen LogP contribution in [0.3, 0.4) is 0 Å². The van der Waals surface area contributed by atoms with E-state index in [2.05, 4.69) is 58.6 Å². The normalized spacial score (nSPS) is 11.8. The number of halogens is 1. The Balaban J connectivity index is 2.27. The summed E-state index contributed by atoms with van der Waals surface area (Å²) in [6.07, 6.45) is 3.55. The van der Waals surface area contributed by atoms with E-state index in [0.717, 1.165) is 28.1 Å². The van der Waals surface area contributed by atoms with E-state index in [0.29, 0.717) is 11.6 Å². The number of rotatable bonds is 5. The Bertz CT molecular complexity index is 769. The first-order chi connectivity index (χ1) is 11.7. The van der Waals surface area contributed by atoms with E-state index < -0.39 is 0 Å². The quantitative estimate of drug-likeness (QED) is 0.504. The molecule has 0 saturated carbocycles. The van der Waals surface area contributed by atoms with Crippen LogP contribution in [0, 0.1) is 6.92 Å². The summed E-state index contributed by atoms with van der Waals surface area (Å²) in [5.74, 6) is 1.99. The van der Waals surface area contributed by atoms with Crippen LogP contribution in [0.15, 0.2) is 33.9 Å². The topological polar surface area (TPSA) is 50.6 Å². The van der Waals surface area contributed by atoms with Crippen LogP contribution in [0.4, 0.5) is 5.69 Å². The van der Waals surface area contributed by atoms with Crippen molar-refractivity contribution in [3.05, 3.63) is 40.3 Å². The highest BCUT2D eigenvalue weighted by molar-refractivity contribution is 9.10. The third kappa shape index (κ3) is 5.26. The Morgan fingerprint density at radius 1 is 1.32 bits per heavy atom.